The normalized spacial score (nSPS) is 10.1. The number of aromatic nitrogens is 8. The summed E-state index contributed by atoms with van der Waals surface area (Å²) in [5.41, 5.74) is 0. The van der Waals surface area contributed by atoms with Gasteiger partial charge in [0.15, 0.2) is 23.3 Å². The van der Waals surface area contributed by atoms with Gasteiger partial charge in [-0.25, -0.2) is 75.5 Å². The number of halogens is 2. The van der Waals surface area contributed by atoms with Crippen molar-refractivity contribution in [3.63, 3.8) is 0 Å². The van der Waals surface area contributed by atoms with Crippen molar-refractivity contribution in [1.29, 1.82) is 0 Å². The maximum absolute atomic E-state index is 10.4. The van der Waals surface area contributed by atoms with Crippen molar-refractivity contribution >= 4 is 23.3 Å². The number of rotatable bonds is 12. The zero-order valence-corrected chi connectivity index (χ0v) is 35.5. The van der Waals surface area contributed by atoms with Crippen LogP contribution < -0.4 is 37.3 Å². The van der Waals surface area contributed by atoms with Crippen LogP contribution in [0.5, 0.6) is 0 Å². The molecule has 4 aromatic heterocycles. The Morgan fingerprint density at radius 3 is 0.667 bits per heavy atom. The molecule has 4 rings (SSSR count). The van der Waals surface area contributed by atoms with Gasteiger partial charge in [-0.15, -0.1) is 20.5 Å². The molecule has 0 aliphatic carbocycles. The summed E-state index contributed by atoms with van der Waals surface area (Å²) in [5.74, 6) is 1.82. The maximum Gasteiger partial charge on any atom is 1.00 e. The molecule has 0 atom stereocenters. The van der Waals surface area contributed by atoms with Gasteiger partial charge in [0, 0.05) is 27.7 Å². The van der Waals surface area contributed by atoms with Gasteiger partial charge < -0.3 is 60.9 Å². The molecule has 60 heavy (non-hydrogen) atoms. The average molecular weight is 1100 g/mol. The van der Waals surface area contributed by atoms with E-state index >= 15 is 0 Å². The third-order valence-corrected chi connectivity index (χ3v) is 6.18. The van der Waals surface area contributed by atoms with Crippen molar-refractivity contribution in [1.82, 2.24) is 38.2 Å². The summed E-state index contributed by atoms with van der Waals surface area (Å²) >= 11 is 0. The Bertz CT molecular complexity index is 1620. The van der Waals surface area contributed by atoms with Crippen LogP contribution in [0.3, 0.4) is 0 Å². The van der Waals surface area contributed by atoms with Gasteiger partial charge in [-0.1, -0.05) is 0 Å². The van der Waals surface area contributed by atoms with E-state index in [1.807, 2.05) is 0 Å². The van der Waals surface area contributed by atoms with Crippen molar-refractivity contribution < 1.29 is 143 Å². The van der Waals surface area contributed by atoms with Gasteiger partial charge in [0.1, 0.15) is 51.0 Å². The van der Waals surface area contributed by atoms with Crippen LogP contribution in [-0.2, 0) is 70.9 Å². The number of aliphatic hydroxyl groups excluding tert-OH is 4. The first kappa shape index (κ1) is 62.7. The van der Waals surface area contributed by atoms with E-state index in [4.69, 9.17) is 57.7 Å². The molecule has 0 amide bonds. The minimum Gasteiger partial charge on any atom is -0.392 e. The quantitative estimate of drug-likeness (QED) is 0.0581. The van der Waals surface area contributed by atoms with Crippen LogP contribution in [0, 0.1) is 88.6 Å². The molecule has 0 bridgehead atoms. The fourth-order valence-electron chi connectivity index (χ4n) is 3.91. The monoisotopic (exact) mass is 1100 g/mol. The van der Waals surface area contributed by atoms with E-state index in [0.717, 1.165) is 0 Å². The van der Waals surface area contributed by atoms with E-state index in [-0.39, 0.29) is 121 Å². The molecule has 0 aromatic carbocycles. The molecule has 4 heterocycles. The molecule has 36 heteroatoms. The number of hydrogen-bond donors (Lipinski definition) is 4. The van der Waals surface area contributed by atoms with Gasteiger partial charge in [0.25, 0.3) is 0 Å². The Kier molecular flexibility index (Phi) is 32.3. The topological polar surface area (TPSA) is 509 Å². The van der Waals surface area contributed by atoms with Crippen molar-refractivity contribution in [2.75, 3.05) is 26.4 Å². The summed E-state index contributed by atoms with van der Waals surface area (Å²) in [6.45, 7) is 6.96. The minimum absolute atomic E-state index is 0. The van der Waals surface area contributed by atoms with Gasteiger partial charge in [0.05, 0.1) is 26.4 Å². The zero-order valence-electron chi connectivity index (χ0n) is 31.0. The van der Waals surface area contributed by atoms with Crippen LogP contribution in [0.2, 0.25) is 0 Å². The molecule has 0 aliphatic rings. The van der Waals surface area contributed by atoms with E-state index in [1.54, 1.807) is 27.7 Å². The van der Waals surface area contributed by atoms with Gasteiger partial charge in [-0.3, -0.25) is 0 Å². The van der Waals surface area contributed by atoms with Crippen molar-refractivity contribution in [2.24, 2.45) is 0 Å². The van der Waals surface area contributed by atoms with Crippen LogP contribution in [0.15, 0.2) is 24.8 Å². The van der Waals surface area contributed by atoms with E-state index in [0.29, 0.717) is 23.3 Å². The fourth-order valence-corrected chi connectivity index (χ4v) is 3.91. The summed E-state index contributed by atoms with van der Waals surface area (Å²) in [6.07, 6.45) is 4.74. The van der Waals surface area contributed by atoms with Crippen molar-refractivity contribution in [2.45, 2.75) is 53.9 Å². The van der Waals surface area contributed by atoms with Gasteiger partial charge in [-0.2, -0.15) is 0 Å². The summed E-state index contributed by atoms with van der Waals surface area (Å²) in [6, 6.07) is 0. The molecule has 0 aliphatic heterocycles. The molecule has 4 N–H and O–H groups in total. The number of aliphatic hydroxyl groups is 4. The van der Waals surface area contributed by atoms with E-state index in [2.05, 4.69) is 19.9 Å². The van der Waals surface area contributed by atoms with Crippen LogP contribution in [-0.4, -0.2) is 105 Å². The first-order valence-electron chi connectivity index (χ1n) is 15.0. The Hall–Kier alpha value is -3.98. The Balaban J connectivity index is -0.000000321. The summed E-state index contributed by atoms with van der Waals surface area (Å²) in [4.78, 5) is 54.5. The number of nitro groups is 4. The number of nitrogens with zero attached hydrogens (tertiary/aromatic N) is 12. The molecule has 0 spiro atoms. The third-order valence-electron chi connectivity index (χ3n) is 6.18. The SMILES string of the molecule is Cc1ncc([N+](=O)[O-])n1CCO.Cc1ncc([N+](=O)[O-])n1CCO.Cc1ncc([N+](=O)[O-])n1CCO.Cc1ncc([N+](=O)[O-])n1CCO.[Ag+].[Ag+].[O-][Cl+3]([O-])([O-])[O-].[O-][Cl+3]([O-])([O-])[O-]. The Morgan fingerprint density at radius 2 is 0.567 bits per heavy atom. The van der Waals surface area contributed by atoms with Crippen LogP contribution in [0.1, 0.15) is 23.3 Å². The van der Waals surface area contributed by atoms with E-state index in [9.17, 15) is 40.5 Å². The molecular weight excluding hydrogens is 1060 g/mol. The first-order chi connectivity index (χ1) is 26.7. The second-order valence-corrected chi connectivity index (χ2v) is 11.5. The molecule has 32 nitrogen and oxygen atoms in total. The Morgan fingerprint density at radius 1 is 0.433 bits per heavy atom. The smallest absolute Gasteiger partial charge is 0.392 e. The molecule has 0 saturated carbocycles. The first-order valence-corrected chi connectivity index (χ1v) is 17.5. The molecule has 0 radical (unpaired) electrons. The molecule has 0 saturated heterocycles. The standard InChI is InChI=1S/4C6H9N3O3.2Ag.2ClHO4/c4*1-5-7-4-6(9(11)12)8(5)2-3-10;;;2*2-1(3,4)5/h4*4,10H,2-3H2,1H3;;;2*(H,2,3,4,5)/q;;;;2*+1;;/p-2. The molecule has 4 aromatic rings. The molecule has 348 valence electrons. The molecular formula is C24H36Ag2Cl2N12O20. The minimum atomic E-state index is -4.94. The van der Waals surface area contributed by atoms with Crippen LogP contribution in [0.25, 0.3) is 0 Å². The molecule has 0 unspecified atom stereocenters. The van der Waals surface area contributed by atoms with Gasteiger partial charge >= 0.3 is 68.0 Å². The summed E-state index contributed by atoms with van der Waals surface area (Å²) in [5, 5.41) is 75.9. The van der Waals surface area contributed by atoms with E-state index < -0.39 is 40.2 Å². The average Bonchev–Trinajstić information content (AvgIpc) is 3.85. The largest absolute Gasteiger partial charge is 1.00 e. The van der Waals surface area contributed by atoms with Gasteiger partial charge in [-0.05, 0) is 19.7 Å². The second-order valence-electron chi connectivity index (χ2n) is 9.94. The maximum atomic E-state index is 10.4. The summed E-state index contributed by atoms with van der Waals surface area (Å²) < 4.78 is 73.4. The van der Waals surface area contributed by atoms with Crippen molar-refractivity contribution in [3.05, 3.63) is 88.5 Å². The summed E-state index contributed by atoms with van der Waals surface area (Å²) in [7, 11) is -9.89. The Labute approximate surface area is 371 Å². The number of aryl methyl sites for hydroxylation is 4. The fraction of sp³-hybridized carbons (Fsp3) is 0.500. The molecule has 0 fully saturated rings. The third kappa shape index (κ3) is 26.3. The predicted molar refractivity (Wildman–Crippen MR) is 163 cm³/mol. The van der Waals surface area contributed by atoms with Gasteiger partial charge in [0.2, 0.25) is 0 Å². The number of imidazole rings is 4. The zero-order chi connectivity index (χ0) is 45.6. The number of hydrogen-bond acceptors (Lipinski definition) is 24. The predicted octanol–water partition coefficient (Wildman–Crippen LogP) is -9.15. The van der Waals surface area contributed by atoms with Crippen LogP contribution in [0.4, 0.5) is 23.3 Å². The van der Waals surface area contributed by atoms with Crippen LogP contribution >= 0.6 is 0 Å². The van der Waals surface area contributed by atoms with Crippen molar-refractivity contribution in [3.8, 4) is 0 Å². The second kappa shape index (κ2) is 31.0. The van der Waals surface area contributed by atoms with E-state index in [1.165, 1.54) is 43.1 Å².